The summed E-state index contributed by atoms with van der Waals surface area (Å²) in [6, 6.07) is 5.60. The quantitative estimate of drug-likeness (QED) is 0.906. The van der Waals surface area contributed by atoms with Gasteiger partial charge in [0, 0.05) is 18.0 Å². The molecular weight excluding hydrogens is 252 g/mol. The molecule has 0 aromatic carbocycles. The van der Waals surface area contributed by atoms with Crippen LogP contribution in [0.15, 0.2) is 41.3 Å². The minimum absolute atomic E-state index is 0.0549. The maximum absolute atomic E-state index is 12.3. The van der Waals surface area contributed by atoms with Gasteiger partial charge in [0.1, 0.15) is 0 Å². The van der Waals surface area contributed by atoms with Gasteiger partial charge < -0.3 is 9.73 Å². The van der Waals surface area contributed by atoms with Crippen LogP contribution in [-0.4, -0.2) is 10.9 Å². The molecule has 0 radical (unpaired) electrons. The lowest BCUT2D eigenvalue weighted by Gasteiger charge is -2.20. The molecule has 4 heteroatoms. The Kier molecular flexibility index (Phi) is 4.56. The summed E-state index contributed by atoms with van der Waals surface area (Å²) in [6.07, 6.45) is 5.92. The molecule has 2 aromatic rings. The molecule has 106 valence electrons. The second-order valence-corrected chi connectivity index (χ2v) is 5.37. The number of carbonyl (C=O) groups excluding carboxylic acids is 1. The van der Waals surface area contributed by atoms with Gasteiger partial charge in [-0.15, -0.1) is 0 Å². The van der Waals surface area contributed by atoms with Crippen LogP contribution >= 0.6 is 0 Å². The van der Waals surface area contributed by atoms with E-state index in [4.69, 9.17) is 4.42 Å². The standard InChI is InChI=1S/C16H20N2O2/c1-11(2)9-14(13-5-4-7-17-10-13)18-16(19)15-12(3)6-8-20-15/h4-8,10-11,14H,9H2,1-3H3,(H,18,19). The first kappa shape index (κ1) is 14.3. The molecule has 0 bridgehead atoms. The number of rotatable bonds is 5. The number of carbonyl (C=O) groups is 1. The topological polar surface area (TPSA) is 55.1 Å². The fourth-order valence-corrected chi connectivity index (χ4v) is 2.16. The van der Waals surface area contributed by atoms with Crippen molar-refractivity contribution in [3.63, 3.8) is 0 Å². The summed E-state index contributed by atoms with van der Waals surface area (Å²) < 4.78 is 5.24. The predicted molar refractivity (Wildman–Crippen MR) is 77.3 cm³/mol. The van der Waals surface area contributed by atoms with Crippen molar-refractivity contribution < 1.29 is 9.21 Å². The average molecular weight is 272 g/mol. The molecule has 0 aliphatic rings. The molecular formula is C16H20N2O2. The van der Waals surface area contributed by atoms with Crippen LogP contribution in [-0.2, 0) is 0 Å². The Hall–Kier alpha value is -2.10. The van der Waals surface area contributed by atoms with Crippen LogP contribution in [0.2, 0.25) is 0 Å². The summed E-state index contributed by atoms with van der Waals surface area (Å²) in [7, 11) is 0. The summed E-state index contributed by atoms with van der Waals surface area (Å²) >= 11 is 0. The van der Waals surface area contributed by atoms with Crippen molar-refractivity contribution >= 4 is 5.91 Å². The molecule has 4 nitrogen and oxygen atoms in total. The zero-order valence-corrected chi connectivity index (χ0v) is 12.1. The van der Waals surface area contributed by atoms with Gasteiger partial charge in [0.15, 0.2) is 5.76 Å². The van der Waals surface area contributed by atoms with Crippen molar-refractivity contribution in [2.24, 2.45) is 5.92 Å². The number of nitrogens with one attached hydrogen (secondary N) is 1. The van der Waals surface area contributed by atoms with Gasteiger partial charge in [-0.1, -0.05) is 19.9 Å². The SMILES string of the molecule is Cc1ccoc1C(=O)NC(CC(C)C)c1cccnc1. The normalized spacial score (nSPS) is 12.4. The van der Waals surface area contributed by atoms with Gasteiger partial charge in [0.25, 0.3) is 5.91 Å². The Morgan fingerprint density at radius 2 is 2.20 bits per heavy atom. The van der Waals surface area contributed by atoms with Crippen LogP contribution in [0.4, 0.5) is 0 Å². The highest BCUT2D eigenvalue weighted by Gasteiger charge is 2.20. The van der Waals surface area contributed by atoms with Crippen molar-refractivity contribution in [1.82, 2.24) is 10.3 Å². The molecule has 1 amide bonds. The summed E-state index contributed by atoms with van der Waals surface area (Å²) in [6.45, 7) is 6.13. The lowest BCUT2D eigenvalue weighted by Crippen LogP contribution is -2.29. The predicted octanol–water partition coefficient (Wildman–Crippen LogP) is 3.50. The van der Waals surface area contributed by atoms with E-state index in [1.54, 1.807) is 18.5 Å². The number of hydrogen-bond acceptors (Lipinski definition) is 3. The van der Waals surface area contributed by atoms with Crippen LogP contribution in [0.3, 0.4) is 0 Å². The van der Waals surface area contributed by atoms with Crippen molar-refractivity contribution in [1.29, 1.82) is 0 Å². The maximum atomic E-state index is 12.3. The fourth-order valence-electron chi connectivity index (χ4n) is 2.16. The minimum atomic E-state index is -0.179. The van der Waals surface area contributed by atoms with E-state index >= 15 is 0 Å². The third-order valence-corrected chi connectivity index (χ3v) is 3.17. The number of furan rings is 1. The van der Waals surface area contributed by atoms with Crippen molar-refractivity contribution in [3.05, 3.63) is 53.7 Å². The average Bonchev–Trinajstić information content (AvgIpc) is 2.85. The van der Waals surface area contributed by atoms with Crippen molar-refractivity contribution in [3.8, 4) is 0 Å². The molecule has 0 spiro atoms. The van der Waals surface area contributed by atoms with Crippen LogP contribution in [0.1, 0.15) is 48.0 Å². The largest absolute Gasteiger partial charge is 0.459 e. The highest BCUT2D eigenvalue weighted by Crippen LogP contribution is 2.21. The number of amides is 1. The molecule has 20 heavy (non-hydrogen) atoms. The fraction of sp³-hybridized carbons (Fsp3) is 0.375. The van der Waals surface area contributed by atoms with Crippen LogP contribution in [0.5, 0.6) is 0 Å². The molecule has 0 fully saturated rings. The third-order valence-electron chi connectivity index (χ3n) is 3.17. The van der Waals surface area contributed by atoms with Gasteiger partial charge in [-0.05, 0) is 37.0 Å². The van der Waals surface area contributed by atoms with Crippen molar-refractivity contribution in [2.45, 2.75) is 33.2 Å². The van der Waals surface area contributed by atoms with E-state index in [0.717, 1.165) is 17.5 Å². The molecule has 1 N–H and O–H groups in total. The number of aryl methyl sites for hydroxylation is 1. The van der Waals surface area contributed by atoms with Gasteiger partial charge in [0.2, 0.25) is 0 Å². The molecule has 0 saturated carbocycles. The molecule has 2 rings (SSSR count). The van der Waals surface area contributed by atoms with Crippen LogP contribution in [0.25, 0.3) is 0 Å². The lowest BCUT2D eigenvalue weighted by molar-refractivity contribution is 0.0903. The second kappa shape index (κ2) is 6.37. The number of aromatic nitrogens is 1. The molecule has 1 unspecified atom stereocenters. The Bertz CT molecular complexity index is 561. The van der Waals surface area contributed by atoms with E-state index in [1.807, 2.05) is 19.1 Å². The molecule has 2 heterocycles. The molecule has 0 aliphatic heterocycles. The summed E-state index contributed by atoms with van der Waals surface area (Å²) in [5.74, 6) is 0.669. The Labute approximate surface area is 119 Å². The van der Waals surface area contributed by atoms with E-state index in [0.29, 0.717) is 11.7 Å². The zero-order chi connectivity index (χ0) is 14.5. The smallest absolute Gasteiger partial charge is 0.287 e. The summed E-state index contributed by atoms with van der Waals surface area (Å²) in [4.78, 5) is 16.4. The number of nitrogens with zero attached hydrogens (tertiary/aromatic N) is 1. The van der Waals surface area contributed by atoms with Crippen LogP contribution in [0, 0.1) is 12.8 Å². The highest BCUT2D eigenvalue weighted by molar-refractivity contribution is 5.93. The van der Waals surface area contributed by atoms with Crippen LogP contribution < -0.4 is 5.32 Å². The van der Waals surface area contributed by atoms with E-state index in [2.05, 4.69) is 24.1 Å². The highest BCUT2D eigenvalue weighted by atomic mass is 16.3. The third kappa shape index (κ3) is 3.47. The first-order valence-electron chi connectivity index (χ1n) is 6.82. The van der Waals surface area contributed by atoms with Gasteiger partial charge >= 0.3 is 0 Å². The summed E-state index contributed by atoms with van der Waals surface area (Å²) in [5.41, 5.74) is 1.86. The number of hydrogen-bond donors (Lipinski definition) is 1. The first-order valence-corrected chi connectivity index (χ1v) is 6.82. The molecule has 1 atom stereocenters. The molecule has 0 aliphatic carbocycles. The maximum Gasteiger partial charge on any atom is 0.287 e. The lowest BCUT2D eigenvalue weighted by atomic mass is 9.98. The van der Waals surface area contributed by atoms with Gasteiger partial charge in [-0.3, -0.25) is 9.78 Å². The second-order valence-electron chi connectivity index (χ2n) is 5.37. The van der Waals surface area contributed by atoms with Gasteiger partial charge in [0.05, 0.1) is 12.3 Å². The van der Waals surface area contributed by atoms with Gasteiger partial charge in [-0.2, -0.15) is 0 Å². The van der Waals surface area contributed by atoms with E-state index in [1.165, 1.54) is 6.26 Å². The molecule has 2 aromatic heterocycles. The Morgan fingerprint density at radius 3 is 2.75 bits per heavy atom. The first-order chi connectivity index (χ1) is 9.58. The Balaban J connectivity index is 2.16. The van der Waals surface area contributed by atoms with E-state index in [9.17, 15) is 4.79 Å². The van der Waals surface area contributed by atoms with Crippen molar-refractivity contribution in [2.75, 3.05) is 0 Å². The Morgan fingerprint density at radius 1 is 1.40 bits per heavy atom. The molecule has 0 saturated heterocycles. The van der Waals surface area contributed by atoms with E-state index in [-0.39, 0.29) is 11.9 Å². The zero-order valence-electron chi connectivity index (χ0n) is 12.1. The monoisotopic (exact) mass is 272 g/mol. The van der Waals surface area contributed by atoms with Gasteiger partial charge in [-0.25, -0.2) is 0 Å². The number of pyridine rings is 1. The van der Waals surface area contributed by atoms with E-state index < -0.39 is 0 Å². The summed E-state index contributed by atoms with van der Waals surface area (Å²) in [5, 5.41) is 3.04. The minimum Gasteiger partial charge on any atom is -0.459 e.